The molecule has 0 aromatic heterocycles. The van der Waals surface area contributed by atoms with Gasteiger partial charge in [-0.15, -0.1) is 6.42 Å². The summed E-state index contributed by atoms with van der Waals surface area (Å²) in [6, 6.07) is 4.10. The Labute approximate surface area is 171 Å². The van der Waals surface area contributed by atoms with Gasteiger partial charge < -0.3 is 9.84 Å². The summed E-state index contributed by atoms with van der Waals surface area (Å²) in [6.07, 6.45) is 0.0476. The molecular formula is C20H21ClF3NO4. The second-order valence-corrected chi connectivity index (χ2v) is 7.86. The molecule has 1 aliphatic rings. The van der Waals surface area contributed by atoms with Crippen LogP contribution in [-0.2, 0) is 9.59 Å². The minimum atomic E-state index is -4.25. The first kappa shape index (κ1) is 22.9. The number of carbonyl (C=O) groups excluding carboxylic acids is 1. The van der Waals surface area contributed by atoms with Crippen LogP contribution in [0.15, 0.2) is 18.2 Å². The van der Waals surface area contributed by atoms with Crippen molar-refractivity contribution in [3.8, 4) is 18.1 Å². The van der Waals surface area contributed by atoms with Crippen molar-refractivity contribution in [2.24, 2.45) is 11.8 Å². The van der Waals surface area contributed by atoms with Crippen LogP contribution in [-0.4, -0.2) is 34.8 Å². The Morgan fingerprint density at radius 2 is 1.93 bits per heavy atom. The summed E-state index contributed by atoms with van der Waals surface area (Å²) >= 11 is 6.20. The number of terminal acetylenes is 1. The van der Waals surface area contributed by atoms with Gasteiger partial charge in [-0.2, -0.15) is 13.2 Å². The number of amides is 1. The number of carbonyl (C=O) groups is 2. The van der Waals surface area contributed by atoms with E-state index in [1.54, 1.807) is 13.8 Å². The quantitative estimate of drug-likeness (QED) is 0.672. The van der Waals surface area contributed by atoms with Crippen molar-refractivity contribution in [1.82, 2.24) is 0 Å². The van der Waals surface area contributed by atoms with Crippen molar-refractivity contribution in [3.63, 3.8) is 0 Å². The Hall–Kier alpha value is -2.40. The number of hydrogen-bond acceptors (Lipinski definition) is 3. The summed E-state index contributed by atoms with van der Waals surface area (Å²) in [7, 11) is 0. The maximum Gasteiger partial charge on any atom is 0.392 e. The summed E-state index contributed by atoms with van der Waals surface area (Å²) < 4.78 is 43.3. The second kappa shape index (κ2) is 8.15. The molecule has 29 heavy (non-hydrogen) atoms. The summed E-state index contributed by atoms with van der Waals surface area (Å²) in [5.41, 5.74) is -1.51. The lowest BCUT2D eigenvalue weighted by Gasteiger charge is -2.40. The van der Waals surface area contributed by atoms with Crippen molar-refractivity contribution in [1.29, 1.82) is 0 Å². The van der Waals surface area contributed by atoms with Crippen LogP contribution in [0.2, 0.25) is 5.02 Å². The molecule has 1 fully saturated rings. The van der Waals surface area contributed by atoms with Crippen LogP contribution in [0, 0.1) is 24.2 Å². The third kappa shape index (κ3) is 4.45. The molecule has 9 heteroatoms. The third-order valence-electron chi connectivity index (χ3n) is 5.37. The SMILES string of the molecule is C#CC(=O)N(c1ccc(OC2CC(C(F)(F)F)C2)c(Cl)c1)C(C)(C(=O)O)C(C)C. The average molecular weight is 432 g/mol. The van der Waals surface area contributed by atoms with E-state index in [0.29, 0.717) is 0 Å². The van der Waals surface area contributed by atoms with Gasteiger partial charge in [-0.1, -0.05) is 25.4 Å². The molecule has 0 bridgehead atoms. The van der Waals surface area contributed by atoms with E-state index in [4.69, 9.17) is 22.8 Å². The highest BCUT2D eigenvalue weighted by Crippen LogP contribution is 2.44. The van der Waals surface area contributed by atoms with Gasteiger partial charge in [-0.05, 0) is 49.8 Å². The van der Waals surface area contributed by atoms with E-state index in [1.807, 2.05) is 5.92 Å². The topological polar surface area (TPSA) is 66.8 Å². The van der Waals surface area contributed by atoms with Crippen LogP contribution in [0.3, 0.4) is 0 Å². The number of carboxylic acid groups (broad SMARTS) is 1. The summed E-state index contributed by atoms with van der Waals surface area (Å²) in [5.74, 6) is -1.93. The molecule has 1 atom stereocenters. The molecule has 1 aromatic carbocycles. The maximum atomic E-state index is 12.6. The molecule has 1 unspecified atom stereocenters. The molecule has 0 spiro atoms. The van der Waals surface area contributed by atoms with E-state index < -0.39 is 41.5 Å². The van der Waals surface area contributed by atoms with Crippen LogP contribution < -0.4 is 9.64 Å². The van der Waals surface area contributed by atoms with Crippen molar-refractivity contribution >= 4 is 29.2 Å². The molecule has 0 aliphatic heterocycles. The summed E-state index contributed by atoms with van der Waals surface area (Å²) in [5, 5.41) is 9.77. The number of benzene rings is 1. The van der Waals surface area contributed by atoms with Gasteiger partial charge in [0.25, 0.3) is 0 Å². The lowest BCUT2D eigenvalue weighted by molar-refractivity contribution is -0.210. The highest BCUT2D eigenvalue weighted by atomic mass is 35.5. The molecule has 1 saturated carbocycles. The first-order valence-corrected chi connectivity index (χ1v) is 9.27. The molecule has 1 aromatic rings. The van der Waals surface area contributed by atoms with Gasteiger partial charge in [-0.3, -0.25) is 9.69 Å². The predicted molar refractivity (Wildman–Crippen MR) is 102 cm³/mol. The van der Waals surface area contributed by atoms with Crippen LogP contribution >= 0.6 is 11.6 Å². The fourth-order valence-electron chi connectivity index (χ4n) is 3.09. The molecule has 1 amide bonds. The number of anilines is 1. The fraction of sp³-hybridized carbons (Fsp3) is 0.500. The van der Waals surface area contributed by atoms with E-state index in [1.165, 1.54) is 25.1 Å². The largest absolute Gasteiger partial charge is 0.489 e. The third-order valence-corrected chi connectivity index (χ3v) is 5.67. The highest BCUT2D eigenvalue weighted by Gasteiger charge is 2.49. The van der Waals surface area contributed by atoms with Gasteiger partial charge in [0.15, 0.2) is 0 Å². The van der Waals surface area contributed by atoms with Gasteiger partial charge in [0, 0.05) is 5.69 Å². The Bertz CT molecular complexity index is 843. The molecule has 158 valence electrons. The molecule has 0 heterocycles. The summed E-state index contributed by atoms with van der Waals surface area (Å²) in [4.78, 5) is 25.3. The van der Waals surface area contributed by atoms with Crippen LogP contribution in [0.25, 0.3) is 0 Å². The molecular weight excluding hydrogens is 411 g/mol. The van der Waals surface area contributed by atoms with Crippen LogP contribution in [0.5, 0.6) is 5.75 Å². The molecule has 0 radical (unpaired) electrons. The minimum absolute atomic E-state index is 0.0317. The lowest BCUT2D eigenvalue weighted by Crippen LogP contribution is -2.58. The van der Waals surface area contributed by atoms with Gasteiger partial charge in [0.1, 0.15) is 11.3 Å². The molecule has 2 rings (SSSR count). The Kier molecular flexibility index (Phi) is 6.43. The molecule has 5 nitrogen and oxygen atoms in total. The Morgan fingerprint density at radius 3 is 2.34 bits per heavy atom. The number of alkyl halides is 3. The second-order valence-electron chi connectivity index (χ2n) is 7.46. The van der Waals surface area contributed by atoms with E-state index in [0.717, 1.165) is 4.90 Å². The predicted octanol–water partition coefficient (Wildman–Crippen LogP) is 4.53. The van der Waals surface area contributed by atoms with Gasteiger partial charge in [0.05, 0.1) is 17.0 Å². The normalized spacial score (nSPS) is 20.9. The van der Waals surface area contributed by atoms with Crippen molar-refractivity contribution in [3.05, 3.63) is 23.2 Å². The number of ether oxygens (including phenoxy) is 1. The van der Waals surface area contributed by atoms with Crippen LogP contribution in [0.1, 0.15) is 33.6 Å². The van der Waals surface area contributed by atoms with Crippen molar-refractivity contribution in [2.45, 2.75) is 51.4 Å². The van der Waals surface area contributed by atoms with Gasteiger partial charge in [0.2, 0.25) is 0 Å². The zero-order valence-corrected chi connectivity index (χ0v) is 16.8. The first-order valence-electron chi connectivity index (χ1n) is 8.89. The number of rotatable bonds is 6. The number of carboxylic acids is 1. The van der Waals surface area contributed by atoms with Gasteiger partial charge >= 0.3 is 18.1 Å². The van der Waals surface area contributed by atoms with E-state index in [2.05, 4.69) is 0 Å². The molecule has 1 N–H and O–H groups in total. The molecule has 0 saturated heterocycles. The molecule has 1 aliphatic carbocycles. The fourth-order valence-corrected chi connectivity index (χ4v) is 3.31. The summed E-state index contributed by atoms with van der Waals surface area (Å²) in [6.45, 7) is 4.65. The van der Waals surface area contributed by atoms with E-state index in [-0.39, 0.29) is 29.3 Å². The zero-order chi connectivity index (χ0) is 22.1. The number of nitrogens with zero attached hydrogens (tertiary/aromatic N) is 1. The van der Waals surface area contributed by atoms with Gasteiger partial charge in [-0.25, -0.2) is 4.79 Å². The number of aliphatic carboxylic acids is 1. The monoisotopic (exact) mass is 431 g/mol. The Balaban J connectivity index is 2.30. The lowest BCUT2D eigenvalue weighted by atomic mass is 9.82. The first-order chi connectivity index (χ1) is 13.3. The highest BCUT2D eigenvalue weighted by molar-refractivity contribution is 6.32. The van der Waals surface area contributed by atoms with E-state index >= 15 is 0 Å². The maximum absolute atomic E-state index is 12.6. The average Bonchev–Trinajstić information content (AvgIpc) is 2.57. The standard InChI is InChI=1S/C20H21ClF3NO4/c1-5-17(26)25(19(4,11(2)3)18(27)28)13-6-7-16(15(21)10-13)29-14-8-12(9-14)20(22,23)24/h1,6-7,10-12,14H,8-9H2,2-4H3,(H,27,28). The number of hydrogen-bond donors (Lipinski definition) is 1. The smallest absolute Gasteiger partial charge is 0.392 e. The van der Waals surface area contributed by atoms with Crippen molar-refractivity contribution in [2.75, 3.05) is 4.90 Å². The van der Waals surface area contributed by atoms with Crippen molar-refractivity contribution < 1.29 is 32.6 Å². The minimum Gasteiger partial charge on any atom is -0.489 e. The number of halogens is 4. The van der Waals surface area contributed by atoms with E-state index in [9.17, 15) is 27.9 Å². The van der Waals surface area contributed by atoms with Crippen LogP contribution in [0.4, 0.5) is 18.9 Å². The Morgan fingerprint density at radius 1 is 1.34 bits per heavy atom. The zero-order valence-electron chi connectivity index (χ0n) is 16.1.